The molecular weight excluding hydrogens is 252 g/mol. The Morgan fingerprint density at radius 3 is 2.29 bits per heavy atom. The highest BCUT2D eigenvalue weighted by Crippen LogP contribution is 2.13. The summed E-state index contributed by atoms with van der Waals surface area (Å²) in [6, 6.07) is 0.931. The van der Waals surface area contributed by atoms with Gasteiger partial charge in [0.2, 0.25) is 0 Å². The lowest BCUT2D eigenvalue weighted by molar-refractivity contribution is 0.110. The Morgan fingerprint density at radius 1 is 1.18 bits per heavy atom. The molecule has 1 aliphatic heterocycles. The van der Waals surface area contributed by atoms with Gasteiger partial charge in [-0.2, -0.15) is 0 Å². The second-order valence-electron chi connectivity index (χ2n) is 4.92. The van der Waals surface area contributed by atoms with Gasteiger partial charge in [-0.15, -0.1) is 0 Å². The molecule has 0 bridgehead atoms. The van der Waals surface area contributed by atoms with E-state index in [4.69, 9.17) is 24.4 Å². The first-order valence-electron chi connectivity index (χ1n) is 5.82. The minimum absolute atomic E-state index is 0.418. The number of nitrogens with one attached hydrogen (secondary N) is 1. The fraction of sp³-hybridized carbons (Fsp3) is 0.818. The number of rotatable bonds is 0. The molecule has 1 rings (SSSR count). The Morgan fingerprint density at radius 2 is 1.76 bits per heavy atom. The maximum Gasteiger partial charge on any atom is 0.175 e. The second-order valence-corrected chi connectivity index (χ2v) is 5.69. The molecule has 0 aromatic heterocycles. The monoisotopic (exact) mass is 274 g/mol. The average molecular weight is 274 g/mol. The van der Waals surface area contributed by atoms with E-state index in [0.717, 1.165) is 18.2 Å². The number of likely N-dealkylation sites (N-methyl/N-ethyl adjacent to an activating group) is 1. The lowest BCUT2D eigenvalue weighted by Gasteiger charge is -2.43. The molecule has 17 heavy (non-hydrogen) atoms. The highest BCUT2D eigenvalue weighted by molar-refractivity contribution is 7.81. The highest BCUT2D eigenvalue weighted by Gasteiger charge is 2.28. The summed E-state index contributed by atoms with van der Waals surface area (Å²) in [5.74, 6) is 0. The first-order valence-corrected chi connectivity index (χ1v) is 6.63. The fourth-order valence-electron chi connectivity index (χ4n) is 1.86. The van der Waals surface area contributed by atoms with Gasteiger partial charge < -0.3 is 15.1 Å². The van der Waals surface area contributed by atoms with Crippen molar-refractivity contribution in [3.8, 4) is 0 Å². The van der Waals surface area contributed by atoms with Crippen molar-refractivity contribution in [3.05, 3.63) is 0 Å². The SMILES string of the molecule is CC1CN(C(=S)NC(=S)N(C)C)C(C)CN1C. The number of piperazine rings is 1. The molecule has 1 aliphatic rings. The van der Waals surface area contributed by atoms with Crippen molar-refractivity contribution < 1.29 is 0 Å². The maximum atomic E-state index is 5.42. The van der Waals surface area contributed by atoms with E-state index in [9.17, 15) is 0 Å². The summed E-state index contributed by atoms with van der Waals surface area (Å²) >= 11 is 10.6. The van der Waals surface area contributed by atoms with Gasteiger partial charge >= 0.3 is 0 Å². The average Bonchev–Trinajstić information content (AvgIpc) is 2.22. The molecule has 6 heteroatoms. The van der Waals surface area contributed by atoms with Crippen LogP contribution in [0.3, 0.4) is 0 Å². The lowest BCUT2D eigenvalue weighted by atomic mass is 10.1. The first kappa shape index (κ1) is 14.6. The Bertz CT molecular complexity index is 306. The topological polar surface area (TPSA) is 21.8 Å². The Hall–Kier alpha value is -0.460. The molecule has 1 heterocycles. The van der Waals surface area contributed by atoms with E-state index < -0.39 is 0 Å². The predicted octanol–water partition coefficient (Wildman–Crippen LogP) is 0.732. The fourth-order valence-corrected chi connectivity index (χ4v) is 2.37. The van der Waals surface area contributed by atoms with Gasteiger partial charge in [0.15, 0.2) is 10.2 Å². The van der Waals surface area contributed by atoms with Gasteiger partial charge in [0.05, 0.1) is 0 Å². The molecule has 0 radical (unpaired) electrons. The van der Waals surface area contributed by atoms with Crippen LogP contribution in [0.1, 0.15) is 13.8 Å². The Labute approximate surface area is 115 Å². The zero-order valence-electron chi connectivity index (χ0n) is 11.2. The third kappa shape index (κ3) is 3.76. The predicted molar refractivity (Wildman–Crippen MR) is 80.3 cm³/mol. The largest absolute Gasteiger partial charge is 0.355 e. The van der Waals surface area contributed by atoms with Gasteiger partial charge in [0.25, 0.3) is 0 Å². The van der Waals surface area contributed by atoms with E-state index in [0.29, 0.717) is 17.2 Å². The van der Waals surface area contributed by atoms with Crippen LogP contribution in [0.4, 0.5) is 0 Å². The zero-order valence-corrected chi connectivity index (χ0v) is 12.9. The molecule has 0 aliphatic carbocycles. The van der Waals surface area contributed by atoms with Crippen molar-refractivity contribution in [1.82, 2.24) is 20.0 Å². The van der Waals surface area contributed by atoms with Crippen molar-refractivity contribution in [3.63, 3.8) is 0 Å². The smallest absolute Gasteiger partial charge is 0.175 e. The minimum Gasteiger partial charge on any atom is -0.355 e. The quantitative estimate of drug-likeness (QED) is 0.653. The summed E-state index contributed by atoms with van der Waals surface area (Å²) in [5, 5.41) is 4.50. The third-order valence-corrected chi connectivity index (χ3v) is 3.98. The summed E-state index contributed by atoms with van der Waals surface area (Å²) in [4.78, 5) is 6.43. The summed E-state index contributed by atoms with van der Waals surface area (Å²) in [7, 11) is 5.97. The summed E-state index contributed by atoms with van der Waals surface area (Å²) in [6.07, 6.45) is 0. The molecule has 4 nitrogen and oxygen atoms in total. The van der Waals surface area contributed by atoms with Crippen molar-refractivity contribution >= 4 is 34.7 Å². The normalized spacial score (nSPS) is 25.6. The van der Waals surface area contributed by atoms with Crippen LogP contribution >= 0.6 is 24.4 Å². The second kappa shape index (κ2) is 5.93. The molecule has 0 aromatic rings. The molecular formula is C11H22N4S2. The van der Waals surface area contributed by atoms with Crippen molar-refractivity contribution in [1.29, 1.82) is 0 Å². The highest BCUT2D eigenvalue weighted by atomic mass is 32.1. The van der Waals surface area contributed by atoms with Crippen molar-refractivity contribution in [2.24, 2.45) is 0 Å². The van der Waals surface area contributed by atoms with Gasteiger partial charge in [0, 0.05) is 39.3 Å². The minimum atomic E-state index is 0.418. The molecule has 1 saturated heterocycles. The van der Waals surface area contributed by atoms with E-state index in [1.54, 1.807) is 0 Å². The van der Waals surface area contributed by atoms with Gasteiger partial charge in [-0.25, -0.2) is 0 Å². The number of hydrogen-bond acceptors (Lipinski definition) is 3. The molecule has 0 spiro atoms. The van der Waals surface area contributed by atoms with Crippen LogP contribution in [-0.2, 0) is 0 Å². The van der Waals surface area contributed by atoms with Crippen LogP contribution in [0.25, 0.3) is 0 Å². The molecule has 1 N–H and O–H groups in total. The van der Waals surface area contributed by atoms with Gasteiger partial charge in [-0.3, -0.25) is 4.90 Å². The molecule has 0 saturated carbocycles. The van der Waals surface area contributed by atoms with Gasteiger partial charge in [-0.1, -0.05) is 0 Å². The Kier molecular flexibility index (Phi) is 5.09. The lowest BCUT2D eigenvalue weighted by Crippen LogP contribution is -2.59. The standard InChI is InChI=1S/C11H22N4S2/c1-8-7-15(9(2)6-14(8)5)11(17)12-10(16)13(3)4/h8-9H,6-7H2,1-5H3,(H,12,16,17). The summed E-state index contributed by atoms with van der Waals surface area (Å²) in [6.45, 7) is 6.37. The third-order valence-electron chi connectivity index (χ3n) is 3.18. The molecule has 0 amide bonds. The summed E-state index contributed by atoms with van der Waals surface area (Å²) < 4.78 is 0. The number of thiocarbonyl (C=S) groups is 2. The van der Waals surface area contributed by atoms with Gasteiger partial charge in [0.1, 0.15) is 0 Å². The molecule has 2 atom stereocenters. The van der Waals surface area contributed by atoms with E-state index >= 15 is 0 Å². The van der Waals surface area contributed by atoms with E-state index in [1.165, 1.54) is 0 Å². The number of hydrogen-bond donors (Lipinski definition) is 1. The van der Waals surface area contributed by atoms with Crippen LogP contribution in [0, 0.1) is 0 Å². The maximum absolute atomic E-state index is 5.42. The van der Waals surface area contributed by atoms with Crippen LogP contribution in [-0.4, -0.2) is 71.2 Å². The van der Waals surface area contributed by atoms with Crippen LogP contribution in [0.15, 0.2) is 0 Å². The van der Waals surface area contributed by atoms with E-state index in [2.05, 4.69) is 36.0 Å². The summed E-state index contributed by atoms with van der Waals surface area (Å²) in [5.41, 5.74) is 0. The van der Waals surface area contributed by atoms with Crippen LogP contribution in [0.5, 0.6) is 0 Å². The van der Waals surface area contributed by atoms with E-state index in [1.807, 2.05) is 19.0 Å². The van der Waals surface area contributed by atoms with Crippen molar-refractivity contribution in [2.45, 2.75) is 25.9 Å². The molecule has 2 unspecified atom stereocenters. The first-order chi connectivity index (χ1) is 7.82. The Balaban J connectivity index is 2.60. The molecule has 1 fully saturated rings. The number of nitrogens with zero attached hydrogens (tertiary/aromatic N) is 3. The van der Waals surface area contributed by atoms with Crippen molar-refractivity contribution in [2.75, 3.05) is 34.2 Å². The van der Waals surface area contributed by atoms with Crippen LogP contribution in [0.2, 0.25) is 0 Å². The van der Waals surface area contributed by atoms with E-state index in [-0.39, 0.29) is 0 Å². The van der Waals surface area contributed by atoms with Gasteiger partial charge in [-0.05, 0) is 45.3 Å². The molecule has 0 aromatic carbocycles. The zero-order chi connectivity index (χ0) is 13.2. The molecule has 98 valence electrons. The van der Waals surface area contributed by atoms with Crippen LogP contribution < -0.4 is 5.32 Å².